The Morgan fingerprint density at radius 1 is 0.886 bits per heavy atom. The third-order valence-electron chi connectivity index (χ3n) is 6.49. The number of aromatic nitrogens is 3. The van der Waals surface area contributed by atoms with Crippen LogP contribution in [-0.4, -0.2) is 111 Å². The molecule has 0 saturated carbocycles. The SMILES string of the molecule is CCc1cn(C[C@H]2O[C@@](CCl)(O[C@@H]3O[C@H](COC(C)=O)[C@H](Cl)[C@H](OC(C)=O)[C@H]3OC(C)=O)[C@@H](OC(C)=O)[C@@H]2OC(C)=O)nn1. The highest BCUT2D eigenvalue weighted by atomic mass is 35.5. The maximum atomic E-state index is 12.3. The lowest BCUT2D eigenvalue weighted by Gasteiger charge is -2.45. The molecule has 16 nitrogen and oxygen atoms in total. The molecule has 2 aliphatic heterocycles. The lowest BCUT2D eigenvalue weighted by atomic mass is 10.0. The predicted molar refractivity (Wildman–Crippen MR) is 146 cm³/mol. The second-order valence-corrected chi connectivity index (χ2v) is 10.8. The van der Waals surface area contributed by atoms with Crippen LogP contribution in [-0.2, 0) is 74.8 Å². The average molecular weight is 668 g/mol. The van der Waals surface area contributed by atoms with Crippen LogP contribution in [0.3, 0.4) is 0 Å². The van der Waals surface area contributed by atoms with Crippen molar-refractivity contribution in [2.45, 2.75) is 109 Å². The Balaban J connectivity index is 2.07. The van der Waals surface area contributed by atoms with Crippen LogP contribution < -0.4 is 0 Å². The van der Waals surface area contributed by atoms with Gasteiger partial charge in [-0.15, -0.1) is 28.3 Å². The van der Waals surface area contributed by atoms with Gasteiger partial charge in [-0.1, -0.05) is 12.1 Å². The van der Waals surface area contributed by atoms with E-state index in [9.17, 15) is 24.0 Å². The zero-order valence-electron chi connectivity index (χ0n) is 24.9. The van der Waals surface area contributed by atoms with E-state index < -0.39 is 96.4 Å². The molecule has 0 amide bonds. The van der Waals surface area contributed by atoms with Crippen LogP contribution in [0.15, 0.2) is 6.20 Å². The highest BCUT2D eigenvalue weighted by molar-refractivity contribution is 6.21. The smallest absolute Gasteiger partial charge is 0.303 e. The third-order valence-corrected chi connectivity index (χ3v) is 7.39. The Hall–Kier alpha value is -3.05. The van der Waals surface area contributed by atoms with Crippen molar-refractivity contribution in [3.05, 3.63) is 11.9 Å². The minimum atomic E-state index is -2.11. The average Bonchev–Trinajstić information content (AvgIpc) is 3.49. The number of esters is 5. The number of hydrogen-bond acceptors (Lipinski definition) is 15. The number of nitrogens with zero attached hydrogens (tertiary/aromatic N) is 3. The van der Waals surface area contributed by atoms with Gasteiger partial charge in [0.2, 0.25) is 12.1 Å². The molecular weight excluding hydrogens is 633 g/mol. The molecule has 18 heteroatoms. The summed E-state index contributed by atoms with van der Waals surface area (Å²) < 4.78 is 47.0. The van der Waals surface area contributed by atoms with Gasteiger partial charge in [-0.25, -0.2) is 4.68 Å². The number of carbonyl (C=O) groups excluding carboxylic acids is 5. The molecule has 1 aromatic rings. The van der Waals surface area contributed by atoms with Crippen LogP contribution in [0.1, 0.15) is 47.2 Å². The summed E-state index contributed by atoms with van der Waals surface area (Å²) in [6.07, 6.45) is -7.29. The number of hydrogen-bond donors (Lipinski definition) is 0. The first-order chi connectivity index (χ1) is 20.7. The van der Waals surface area contributed by atoms with Crippen molar-refractivity contribution < 1.29 is 61.9 Å². The van der Waals surface area contributed by atoms with Gasteiger partial charge in [0, 0.05) is 40.8 Å². The third kappa shape index (κ3) is 8.78. The molecule has 2 saturated heterocycles. The van der Waals surface area contributed by atoms with E-state index in [1.54, 1.807) is 6.20 Å². The molecule has 0 bridgehead atoms. The van der Waals surface area contributed by atoms with Crippen LogP contribution in [0.4, 0.5) is 0 Å². The summed E-state index contributed by atoms with van der Waals surface area (Å²) in [4.78, 5) is 60.2. The van der Waals surface area contributed by atoms with E-state index in [1.807, 2.05) is 6.92 Å². The monoisotopic (exact) mass is 667 g/mol. The molecule has 3 rings (SSSR count). The molecule has 246 valence electrons. The van der Waals surface area contributed by atoms with E-state index in [0.29, 0.717) is 12.1 Å². The van der Waals surface area contributed by atoms with E-state index >= 15 is 0 Å². The molecule has 0 N–H and O–H groups in total. The second-order valence-electron chi connectivity index (χ2n) is 10.0. The van der Waals surface area contributed by atoms with Crippen LogP contribution >= 0.6 is 23.2 Å². The van der Waals surface area contributed by atoms with Crippen molar-refractivity contribution in [3.63, 3.8) is 0 Å². The van der Waals surface area contributed by atoms with Gasteiger partial charge in [0.15, 0.2) is 24.4 Å². The summed E-state index contributed by atoms with van der Waals surface area (Å²) in [5, 5.41) is 6.91. The fourth-order valence-corrected chi connectivity index (χ4v) is 5.39. The van der Waals surface area contributed by atoms with Crippen LogP contribution in [0.5, 0.6) is 0 Å². The molecule has 0 aromatic carbocycles. The molecule has 0 spiro atoms. The molecule has 0 radical (unpaired) electrons. The lowest BCUT2D eigenvalue weighted by molar-refractivity contribution is -0.359. The Morgan fingerprint density at radius 2 is 1.48 bits per heavy atom. The summed E-state index contributed by atoms with van der Waals surface area (Å²) in [6.45, 7) is 7.08. The Morgan fingerprint density at radius 3 is 2.00 bits per heavy atom. The first-order valence-corrected chi connectivity index (χ1v) is 14.6. The number of carbonyl (C=O) groups is 5. The zero-order valence-corrected chi connectivity index (χ0v) is 26.4. The van der Waals surface area contributed by atoms with E-state index in [0.717, 1.165) is 34.6 Å². The lowest BCUT2D eigenvalue weighted by Crippen LogP contribution is -2.63. The highest BCUT2D eigenvalue weighted by Crippen LogP contribution is 2.42. The summed E-state index contributed by atoms with van der Waals surface area (Å²) >= 11 is 13.0. The van der Waals surface area contributed by atoms with Gasteiger partial charge in [0.25, 0.3) is 0 Å². The first-order valence-electron chi connectivity index (χ1n) is 13.6. The summed E-state index contributed by atoms with van der Waals surface area (Å²) in [6, 6.07) is 0. The number of rotatable bonds is 12. The maximum absolute atomic E-state index is 12.3. The summed E-state index contributed by atoms with van der Waals surface area (Å²) in [5.41, 5.74) is 0.675. The fourth-order valence-electron chi connectivity index (χ4n) is 4.78. The Labute approximate surface area is 262 Å². The van der Waals surface area contributed by atoms with E-state index in [2.05, 4.69) is 10.3 Å². The van der Waals surface area contributed by atoms with Gasteiger partial charge in [-0.2, -0.15) is 0 Å². The Kier molecular flexibility index (Phi) is 12.3. The van der Waals surface area contributed by atoms with Gasteiger partial charge >= 0.3 is 29.8 Å². The van der Waals surface area contributed by atoms with Crippen molar-refractivity contribution in [2.75, 3.05) is 12.5 Å². The summed E-state index contributed by atoms with van der Waals surface area (Å²) in [7, 11) is 0. The number of halogens is 2. The van der Waals surface area contributed by atoms with E-state index in [4.69, 9.17) is 61.1 Å². The molecule has 3 heterocycles. The largest absolute Gasteiger partial charge is 0.463 e. The van der Waals surface area contributed by atoms with Gasteiger partial charge in [-0.3, -0.25) is 24.0 Å². The molecule has 2 aliphatic rings. The first kappa shape index (κ1) is 35.4. The molecule has 9 atom stereocenters. The molecule has 0 aliphatic carbocycles. The second kappa shape index (κ2) is 15.3. The van der Waals surface area contributed by atoms with Gasteiger partial charge in [0.1, 0.15) is 24.2 Å². The van der Waals surface area contributed by atoms with E-state index in [-0.39, 0.29) is 6.54 Å². The number of aryl methyl sites for hydroxylation is 1. The van der Waals surface area contributed by atoms with Crippen LogP contribution in [0.25, 0.3) is 0 Å². The highest BCUT2D eigenvalue weighted by Gasteiger charge is 2.63. The predicted octanol–water partition coefficient (Wildman–Crippen LogP) is 0.813. The van der Waals surface area contributed by atoms with Crippen molar-refractivity contribution in [3.8, 4) is 0 Å². The fraction of sp³-hybridized carbons (Fsp3) is 0.731. The molecule has 2 fully saturated rings. The standard InChI is InChI=1S/C26H35Cl2N3O13/c1-7-17-8-31(30-29-17)9-18-21(38-13(3)33)24(41-16(6)36)26(11-27,43-18)44-25-23(40-15(5)35)22(39-14(4)34)20(28)19(42-25)10-37-12(2)32/h8,18-25H,7,9-11H2,1-6H3/t18-,19-,20+,21-,22+,23-,24+,25+,26+/m1/s1. The molecule has 44 heavy (non-hydrogen) atoms. The van der Waals surface area contributed by atoms with Gasteiger partial charge < -0.3 is 37.9 Å². The zero-order chi connectivity index (χ0) is 32.8. The number of alkyl halides is 2. The minimum absolute atomic E-state index is 0.0431. The summed E-state index contributed by atoms with van der Waals surface area (Å²) in [5.74, 6) is -6.42. The van der Waals surface area contributed by atoms with Crippen molar-refractivity contribution >= 4 is 53.0 Å². The Bertz CT molecular complexity index is 1220. The van der Waals surface area contributed by atoms with Crippen molar-refractivity contribution in [1.82, 2.24) is 15.0 Å². The van der Waals surface area contributed by atoms with Crippen molar-refractivity contribution in [2.24, 2.45) is 0 Å². The molecule has 0 unspecified atom stereocenters. The van der Waals surface area contributed by atoms with Crippen LogP contribution in [0, 0.1) is 0 Å². The van der Waals surface area contributed by atoms with Crippen LogP contribution in [0.2, 0.25) is 0 Å². The maximum Gasteiger partial charge on any atom is 0.303 e. The van der Waals surface area contributed by atoms with E-state index in [1.165, 1.54) is 4.68 Å². The topological polar surface area (TPSA) is 190 Å². The van der Waals surface area contributed by atoms with Gasteiger partial charge in [-0.05, 0) is 6.42 Å². The quantitative estimate of drug-likeness (QED) is 0.173. The van der Waals surface area contributed by atoms with Crippen molar-refractivity contribution in [1.29, 1.82) is 0 Å². The molecule has 1 aromatic heterocycles. The minimum Gasteiger partial charge on any atom is -0.463 e. The molecular formula is C26H35Cl2N3O13. The normalized spacial score (nSPS) is 31.5. The number of ether oxygens (including phenoxy) is 8. The van der Waals surface area contributed by atoms with Gasteiger partial charge in [0.05, 0.1) is 18.1 Å².